The van der Waals surface area contributed by atoms with E-state index in [1.54, 1.807) is 28.4 Å². The Morgan fingerprint density at radius 2 is 2.11 bits per heavy atom. The highest BCUT2D eigenvalue weighted by molar-refractivity contribution is 7.98. The summed E-state index contributed by atoms with van der Waals surface area (Å²) in [7, 11) is 2.01. The molecule has 0 fully saturated rings. The molecule has 0 bridgehead atoms. The Bertz CT molecular complexity index is 1190. The lowest BCUT2D eigenvalue weighted by molar-refractivity contribution is 0.696. The topological polar surface area (TPSA) is 65.1 Å². The van der Waals surface area contributed by atoms with Gasteiger partial charge in [-0.05, 0) is 31.2 Å². The zero-order valence-electron chi connectivity index (χ0n) is 14.7. The molecule has 9 heteroatoms. The Hall–Kier alpha value is -1.97. The van der Waals surface area contributed by atoms with Crippen molar-refractivity contribution in [2.75, 3.05) is 0 Å². The molecule has 0 unspecified atom stereocenters. The number of nitrogens with zero attached hydrogens (tertiary/aromatic N) is 5. The summed E-state index contributed by atoms with van der Waals surface area (Å²) in [4.78, 5) is 18.9. The average Bonchev–Trinajstić information content (AvgIpc) is 3.38. The number of hydrogen-bond donors (Lipinski definition) is 0. The Morgan fingerprint density at radius 3 is 3.04 bits per heavy atom. The van der Waals surface area contributed by atoms with Gasteiger partial charge in [-0.2, -0.15) is 0 Å². The standard InChI is InChI=1S/C18H17N5OS3/c1-22-16(13-10-26-14-5-3-2-4-12(13)14)20-21-18(22)27-9-11-8-15(24)23-6-7-25-17(23)19-11/h6-8,10H,2-5,9H2,1H3. The molecule has 0 amide bonds. The fraction of sp³-hybridized carbons (Fsp3) is 0.333. The van der Waals surface area contributed by atoms with Gasteiger partial charge in [0, 0.05) is 46.3 Å². The molecule has 0 N–H and O–H groups in total. The van der Waals surface area contributed by atoms with E-state index in [9.17, 15) is 4.79 Å². The fourth-order valence-electron chi connectivity index (χ4n) is 3.46. The molecule has 27 heavy (non-hydrogen) atoms. The molecule has 138 valence electrons. The van der Waals surface area contributed by atoms with Gasteiger partial charge in [-0.15, -0.1) is 32.9 Å². The Labute approximate surface area is 167 Å². The van der Waals surface area contributed by atoms with Gasteiger partial charge < -0.3 is 4.57 Å². The monoisotopic (exact) mass is 415 g/mol. The first-order chi connectivity index (χ1) is 13.2. The van der Waals surface area contributed by atoms with Crippen LogP contribution in [0.3, 0.4) is 0 Å². The maximum absolute atomic E-state index is 12.1. The molecule has 0 atom stereocenters. The molecule has 6 nitrogen and oxygen atoms in total. The lowest BCUT2D eigenvalue weighted by atomic mass is 9.96. The molecular formula is C18H17N5OS3. The Kier molecular flexibility index (Phi) is 4.37. The van der Waals surface area contributed by atoms with Crippen molar-refractivity contribution < 1.29 is 0 Å². The van der Waals surface area contributed by atoms with E-state index in [1.165, 1.54) is 46.6 Å². The molecule has 0 aliphatic heterocycles. The first-order valence-corrected chi connectivity index (χ1v) is 11.5. The van der Waals surface area contributed by atoms with Crippen molar-refractivity contribution in [2.24, 2.45) is 7.05 Å². The largest absolute Gasteiger partial charge is 0.305 e. The molecule has 0 saturated carbocycles. The predicted octanol–water partition coefficient (Wildman–Crippen LogP) is 3.78. The minimum absolute atomic E-state index is 0.0413. The minimum Gasteiger partial charge on any atom is -0.305 e. The van der Waals surface area contributed by atoms with Crippen LogP contribution < -0.4 is 5.56 Å². The summed E-state index contributed by atoms with van der Waals surface area (Å²) in [5, 5.41) is 13.8. The van der Waals surface area contributed by atoms with E-state index in [-0.39, 0.29) is 5.56 Å². The van der Waals surface area contributed by atoms with Crippen molar-refractivity contribution in [1.29, 1.82) is 0 Å². The zero-order chi connectivity index (χ0) is 18.4. The maximum Gasteiger partial charge on any atom is 0.258 e. The summed E-state index contributed by atoms with van der Waals surface area (Å²) in [6.07, 6.45) is 6.61. The molecule has 0 spiro atoms. The van der Waals surface area contributed by atoms with Crippen LogP contribution in [-0.4, -0.2) is 24.1 Å². The van der Waals surface area contributed by atoms with Gasteiger partial charge in [0.2, 0.25) is 0 Å². The van der Waals surface area contributed by atoms with Crippen LogP contribution >= 0.6 is 34.4 Å². The second kappa shape index (κ2) is 6.88. The molecule has 4 heterocycles. The smallest absolute Gasteiger partial charge is 0.258 e. The molecule has 5 rings (SSSR count). The van der Waals surface area contributed by atoms with Gasteiger partial charge in [0.25, 0.3) is 5.56 Å². The lowest BCUT2D eigenvalue weighted by Gasteiger charge is -2.12. The highest BCUT2D eigenvalue weighted by atomic mass is 32.2. The van der Waals surface area contributed by atoms with E-state index >= 15 is 0 Å². The number of thioether (sulfide) groups is 1. The van der Waals surface area contributed by atoms with Gasteiger partial charge in [0.1, 0.15) is 0 Å². The van der Waals surface area contributed by atoms with Crippen molar-refractivity contribution in [1.82, 2.24) is 24.1 Å². The average molecular weight is 416 g/mol. The van der Waals surface area contributed by atoms with E-state index in [2.05, 4.69) is 25.1 Å². The number of aromatic nitrogens is 5. The highest BCUT2D eigenvalue weighted by Gasteiger charge is 2.21. The number of thiazole rings is 1. The summed E-state index contributed by atoms with van der Waals surface area (Å²) >= 11 is 4.87. The van der Waals surface area contributed by atoms with Crippen LogP contribution in [0.5, 0.6) is 0 Å². The molecule has 0 saturated heterocycles. The summed E-state index contributed by atoms with van der Waals surface area (Å²) in [5.41, 5.74) is 3.41. The van der Waals surface area contributed by atoms with E-state index < -0.39 is 0 Å². The van der Waals surface area contributed by atoms with Gasteiger partial charge in [0.05, 0.1) is 5.69 Å². The fourth-order valence-corrected chi connectivity index (χ4v) is 6.12. The van der Waals surface area contributed by atoms with Gasteiger partial charge in [-0.3, -0.25) is 9.20 Å². The molecule has 4 aromatic rings. The van der Waals surface area contributed by atoms with Crippen molar-refractivity contribution in [3.8, 4) is 11.4 Å². The number of fused-ring (bicyclic) bond motifs is 2. The predicted molar refractivity (Wildman–Crippen MR) is 110 cm³/mol. The first kappa shape index (κ1) is 17.2. The Morgan fingerprint density at radius 1 is 1.22 bits per heavy atom. The normalized spacial score (nSPS) is 14.0. The van der Waals surface area contributed by atoms with E-state index in [0.29, 0.717) is 5.75 Å². The number of hydrogen-bond acceptors (Lipinski definition) is 7. The van der Waals surface area contributed by atoms with Gasteiger partial charge in [-0.25, -0.2) is 4.98 Å². The maximum atomic E-state index is 12.1. The van der Waals surface area contributed by atoms with Gasteiger partial charge in [0.15, 0.2) is 15.9 Å². The van der Waals surface area contributed by atoms with Crippen LogP contribution in [-0.2, 0) is 25.6 Å². The Balaban J connectivity index is 1.40. The third-order valence-corrected chi connectivity index (χ3v) is 7.74. The number of thiophene rings is 1. The van der Waals surface area contributed by atoms with Crippen molar-refractivity contribution >= 4 is 39.4 Å². The van der Waals surface area contributed by atoms with Crippen LogP contribution in [0.15, 0.2) is 33.0 Å². The molecule has 1 aliphatic rings. The highest BCUT2D eigenvalue weighted by Crippen LogP contribution is 2.36. The van der Waals surface area contributed by atoms with E-state index in [4.69, 9.17) is 0 Å². The summed E-state index contributed by atoms with van der Waals surface area (Å²) in [6.45, 7) is 0. The third kappa shape index (κ3) is 3.03. The van der Waals surface area contributed by atoms with Crippen molar-refractivity contribution in [2.45, 2.75) is 36.6 Å². The summed E-state index contributed by atoms with van der Waals surface area (Å²) < 4.78 is 3.62. The molecular weight excluding hydrogens is 398 g/mol. The lowest BCUT2D eigenvalue weighted by Crippen LogP contribution is -2.12. The van der Waals surface area contributed by atoms with Crippen molar-refractivity contribution in [3.05, 3.63) is 49.5 Å². The van der Waals surface area contributed by atoms with E-state index in [0.717, 1.165) is 28.1 Å². The van der Waals surface area contributed by atoms with Crippen LogP contribution in [0.4, 0.5) is 0 Å². The third-order valence-electron chi connectivity index (χ3n) is 4.84. The van der Waals surface area contributed by atoms with E-state index in [1.807, 2.05) is 23.8 Å². The zero-order valence-corrected chi connectivity index (χ0v) is 17.2. The van der Waals surface area contributed by atoms with Crippen LogP contribution in [0, 0.1) is 0 Å². The summed E-state index contributed by atoms with van der Waals surface area (Å²) in [5.74, 6) is 1.52. The second-order valence-electron chi connectivity index (χ2n) is 6.55. The molecule has 1 aliphatic carbocycles. The molecule has 4 aromatic heterocycles. The number of aryl methyl sites for hydroxylation is 1. The SMILES string of the molecule is Cn1c(SCc2cc(=O)n3ccsc3n2)nnc1-c1csc2c1CCCC2. The van der Waals surface area contributed by atoms with Crippen LogP contribution in [0.25, 0.3) is 16.3 Å². The summed E-state index contributed by atoms with van der Waals surface area (Å²) in [6, 6.07) is 1.60. The quantitative estimate of drug-likeness (QED) is 0.475. The van der Waals surface area contributed by atoms with Gasteiger partial charge >= 0.3 is 0 Å². The molecule has 0 aromatic carbocycles. The van der Waals surface area contributed by atoms with Crippen molar-refractivity contribution in [3.63, 3.8) is 0 Å². The van der Waals surface area contributed by atoms with Gasteiger partial charge in [-0.1, -0.05) is 11.8 Å². The second-order valence-corrected chi connectivity index (χ2v) is 9.33. The number of rotatable bonds is 4. The first-order valence-electron chi connectivity index (χ1n) is 8.78. The minimum atomic E-state index is -0.0413. The van der Waals surface area contributed by atoms with Crippen LogP contribution in [0.2, 0.25) is 0 Å². The molecule has 0 radical (unpaired) electrons. The van der Waals surface area contributed by atoms with Crippen LogP contribution in [0.1, 0.15) is 29.0 Å².